The van der Waals surface area contributed by atoms with Gasteiger partial charge in [-0.3, -0.25) is 4.79 Å². The molecule has 0 aliphatic carbocycles. The van der Waals surface area contributed by atoms with Crippen LogP contribution in [0.1, 0.15) is 29.9 Å². The molecule has 0 saturated carbocycles. The average molecular weight is 373 g/mol. The minimum atomic E-state index is -4.56. The molecule has 1 amide bonds. The molecule has 0 spiro atoms. The van der Waals surface area contributed by atoms with Crippen LogP contribution < -0.4 is 10.6 Å². The van der Waals surface area contributed by atoms with Gasteiger partial charge in [-0.2, -0.15) is 13.2 Å². The van der Waals surface area contributed by atoms with Crippen LogP contribution in [0.3, 0.4) is 0 Å². The number of carbonyl (C=O) groups excluding carboxylic acids is 1. The summed E-state index contributed by atoms with van der Waals surface area (Å²) in [5.41, 5.74) is -0.668. The number of amides is 1. The first-order valence-corrected chi connectivity index (χ1v) is 7.78. The van der Waals surface area contributed by atoms with Gasteiger partial charge >= 0.3 is 6.18 Å². The van der Waals surface area contributed by atoms with Crippen LogP contribution in [0.5, 0.6) is 0 Å². The summed E-state index contributed by atoms with van der Waals surface area (Å²) in [6.45, 7) is 4.42. The number of hydrogen-bond donors (Lipinski definition) is 2. The topological polar surface area (TPSA) is 66.9 Å². The molecule has 0 saturated heterocycles. The van der Waals surface area contributed by atoms with Crippen molar-refractivity contribution in [3.05, 3.63) is 46.9 Å². The van der Waals surface area contributed by atoms with E-state index in [-0.39, 0.29) is 28.1 Å². The lowest BCUT2D eigenvalue weighted by Crippen LogP contribution is -2.28. The Morgan fingerprint density at radius 1 is 1.24 bits per heavy atom. The summed E-state index contributed by atoms with van der Waals surface area (Å²) in [5, 5.41) is 5.00. The van der Waals surface area contributed by atoms with Crippen molar-refractivity contribution in [1.29, 1.82) is 0 Å². The maximum Gasteiger partial charge on any atom is 0.417 e. The van der Waals surface area contributed by atoms with Crippen molar-refractivity contribution in [2.75, 3.05) is 11.9 Å². The van der Waals surface area contributed by atoms with Gasteiger partial charge in [0, 0.05) is 12.2 Å². The number of halogens is 4. The van der Waals surface area contributed by atoms with Gasteiger partial charge in [-0.05, 0) is 24.1 Å². The SMILES string of the molecule is CC(C)CNC(=O)c1cnc(Nc2ccc(Cl)c(C(F)(F)F)c2)cn1. The standard InChI is InChI=1S/C16H16ClF3N4O/c1-9(2)6-23-15(25)13-7-22-14(8-21-13)24-10-3-4-12(17)11(5-10)16(18,19)20/h3-5,7-9H,6H2,1-2H3,(H,22,24)(H,23,25). The Morgan fingerprint density at radius 2 is 1.96 bits per heavy atom. The minimum Gasteiger partial charge on any atom is -0.350 e. The van der Waals surface area contributed by atoms with Gasteiger partial charge in [-0.15, -0.1) is 0 Å². The van der Waals surface area contributed by atoms with E-state index in [0.717, 1.165) is 12.1 Å². The Kier molecular flexibility index (Phi) is 5.84. The highest BCUT2D eigenvalue weighted by Gasteiger charge is 2.33. The zero-order valence-corrected chi connectivity index (χ0v) is 14.2. The second-order valence-corrected chi connectivity index (χ2v) is 6.12. The molecule has 1 aromatic carbocycles. The lowest BCUT2D eigenvalue weighted by Gasteiger charge is -2.12. The van der Waals surface area contributed by atoms with Crippen LogP contribution in [-0.4, -0.2) is 22.4 Å². The summed E-state index contributed by atoms with van der Waals surface area (Å²) in [6.07, 6.45) is -2.04. The summed E-state index contributed by atoms with van der Waals surface area (Å²) in [5.74, 6) is 0.139. The van der Waals surface area contributed by atoms with Crippen LogP contribution in [0.2, 0.25) is 5.02 Å². The Hall–Kier alpha value is -2.35. The molecule has 1 aromatic heterocycles. The number of benzene rings is 1. The molecule has 0 aliphatic rings. The maximum absolute atomic E-state index is 12.9. The third-order valence-corrected chi connectivity index (χ3v) is 3.43. The first kappa shape index (κ1) is 19.0. The third-order valence-electron chi connectivity index (χ3n) is 3.10. The molecule has 2 aromatic rings. The second kappa shape index (κ2) is 7.69. The number of anilines is 2. The summed E-state index contributed by atoms with van der Waals surface area (Å²) in [4.78, 5) is 19.8. The van der Waals surface area contributed by atoms with Crippen molar-refractivity contribution in [2.45, 2.75) is 20.0 Å². The van der Waals surface area contributed by atoms with Gasteiger partial charge in [-0.1, -0.05) is 25.4 Å². The first-order valence-electron chi connectivity index (χ1n) is 7.41. The number of carbonyl (C=O) groups is 1. The van der Waals surface area contributed by atoms with Crippen molar-refractivity contribution in [3.63, 3.8) is 0 Å². The van der Waals surface area contributed by atoms with Crippen LogP contribution in [-0.2, 0) is 6.18 Å². The van der Waals surface area contributed by atoms with E-state index in [1.54, 1.807) is 0 Å². The smallest absolute Gasteiger partial charge is 0.350 e. The zero-order chi connectivity index (χ0) is 18.6. The largest absolute Gasteiger partial charge is 0.417 e. The number of nitrogens with zero attached hydrogens (tertiary/aromatic N) is 2. The van der Waals surface area contributed by atoms with Crippen molar-refractivity contribution in [2.24, 2.45) is 5.92 Å². The number of rotatable bonds is 5. The summed E-state index contributed by atoms with van der Waals surface area (Å²) in [7, 11) is 0. The molecule has 0 unspecified atom stereocenters. The monoisotopic (exact) mass is 372 g/mol. The molecule has 0 bridgehead atoms. The fraction of sp³-hybridized carbons (Fsp3) is 0.312. The normalized spacial score (nSPS) is 11.5. The number of hydrogen-bond acceptors (Lipinski definition) is 4. The van der Waals surface area contributed by atoms with E-state index in [4.69, 9.17) is 11.6 Å². The zero-order valence-electron chi connectivity index (χ0n) is 13.5. The third kappa shape index (κ3) is 5.32. The quantitative estimate of drug-likeness (QED) is 0.822. The highest BCUT2D eigenvalue weighted by atomic mass is 35.5. The maximum atomic E-state index is 12.9. The summed E-state index contributed by atoms with van der Waals surface area (Å²) >= 11 is 5.57. The lowest BCUT2D eigenvalue weighted by molar-refractivity contribution is -0.137. The molecule has 134 valence electrons. The predicted octanol–water partition coefficient (Wildman–Crippen LogP) is 4.28. The summed E-state index contributed by atoms with van der Waals surface area (Å²) in [6, 6.07) is 3.42. The molecule has 0 radical (unpaired) electrons. The van der Waals surface area contributed by atoms with E-state index in [1.165, 1.54) is 18.5 Å². The molecule has 2 N–H and O–H groups in total. The Labute approximate surface area is 147 Å². The molecule has 0 aliphatic heterocycles. The van der Waals surface area contributed by atoms with Crippen LogP contribution in [0.4, 0.5) is 24.7 Å². The van der Waals surface area contributed by atoms with Crippen molar-refractivity contribution >= 4 is 29.0 Å². The lowest BCUT2D eigenvalue weighted by atomic mass is 10.2. The predicted molar refractivity (Wildman–Crippen MR) is 88.9 cm³/mol. The average Bonchev–Trinajstić information content (AvgIpc) is 2.54. The first-order chi connectivity index (χ1) is 11.7. The van der Waals surface area contributed by atoms with Crippen LogP contribution in [0.25, 0.3) is 0 Å². The molecular formula is C16H16ClF3N4O. The van der Waals surface area contributed by atoms with Gasteiger partial charge in [-0.25, -0.2) is 9.97 Å². The number of alkyl halides is 3. The summed E-state index contributed by atoms with van der Waals surface area (Å²) < 4.78 is 38.6. The van der Waals surface area contributed by atoms with Crippen molar-refractivity contribution < 1.29 is 18.0 Å². The van der Waals surface area contributed by atoms with Gasteiger partial charge in [0.1, 0.15) is 11.5 Å². The van der Waals surface area contributed by atoms with Crippen LogP contribution in [0.15, 0.2) is 30.6 Å². The van der Waals surface area contributed by atoms with E-state index < -0.39 is 11.7 Å². The molecule has 5 nitrogen and oxygen atoms in total. The number of aromatic nitrogens is 2. The Bertz CT molecular complexity index is 748. The van der Waals surface area contributed by atoms with E-state index in [0.29, 0.717) is 12.5 Å². The van der Waals surface area contributed by atoms with E-state index in [2.05, 4.69) is 20.6 Å². The fourth-order valence-corrected chi connectivity index (χ4v) is 2.09. The van der Waals surface area contributed by atoms with Gasteiger partial charge in [0.05, 0.1) is 23.0 Å². The molecule has 0 fully saturated rings. The van der Waals surface area contributed by atoms with Gasteiger partial charge in [0.2, 0.25) is 0 Å². The molecule has 0 atom stereocenters. The highest BCUT2D eigenvalue weighted by Crippen LogP contribution is 2.36. The van der Waals surface area contributed by atoms with E-state index in [1.807, 2.05) is 13.8 Å². The van der Waals surface area contributed by atoms with Crippen molar-refractivity contribution in [1.82, 2.24) is 15.3 Å². The minimum absolute atomic E-state index is 0.123. The molecule has 1 heterocycles. The Morgan fingerprint density at radius 3 is 2.52 bits per heavy atom. The number of nitrogens with one attached hydrogen (secondary N) is 2. The van der Waals surface area contributed by atoms with E-state index >= 15 is 0 Å². The molecule has 25 heavy (non-hydrogen) atoms. The Balaban J connectivity index is 2.10. The van der Waals surface area contributed by atoms with Crippen LogP contribution in [0, 0.1) is 5.92 Å². The molecular weight excluding hydrogens is 357 g/mol. The van der Waals surface area contributed by atoms with Gasteiger partial charge < -0.3 is 10.6 Å². The van der Waals surface area contributed by atoms with E-state index in [9.17, 15) is 18.0 Å². The molecule has 9 heteroatoms. The van der Waals surface area contributed by atoms with Crippen molar-refractivity contribution in [3.8, 4) is 0 Å². The fourth-order valence-electron chi connectivity index (χ4n) is 1.87. The van der Waals surface area contributed by atoms with Gasteiger partial charge in [0.25, 0.3) is 5.91 Å². The molecule has 2 rings (SSSR count). The van der Waals surface area contributed by atoms with Crippen LogP contribution >= 0.6 is 11.6 Å². The van der Waals surface area contributed by atoms with Gasteiger partial charge in [0.15, 0.2) is 0 Å². The second-order valence-electron chi connectivity index (χ2n) is 5.71. The highest BCUT2D eigenvalue weighted by molar-refractivity contribution is 6.31.